The van der Waals surface area contributed by atoms with Crippen LogP contribution in [-0.2, 0) is 0 Å². The Morgan fingerprint density at radius 2 is 1.47 bits per heavy atom. The van der Waals surface area contributed by atoms with Crippen LogP contribution in [0.15, 0.2) is 0 Å². The molecule has 0 saturated heterocycles. The van der Waals surface area contributed by atoms with Crippen LogP contribution >= 0.6 is 0 Å². The van der Waals surface area contributed by atoms with Crippen molar-refractivity contribution >= 4 is 0 Å². The third-order valence-corrected chi connectivity index (χ3v) is 4.10. The highest BCUT2D eigenvalue weighted by atomic mass is 14.9. The average Bonchev–Trinajstić information content (AvgIpc) is 2.34. The Morgan fingerprint density at radius 1 is 0.737 bits per heavy atom. The molecule has 0 aliphatic carbocycles. The van der Waals surface area contributed by atoms with E-state index in [0.717, 1.165) is 11.8 Å². The zero-order valence-electron chi connectivity index (χ0n) is 14.3. The van der Waals surface area contributed by atoms with E-state index in [1.54, 1.807) is 0 Å². The Morgan fingerprint density at radius 3 is 2.11 bits per heavy atom. The standard InChI is InChI=1S/C18H39N/c1-6-7-8-9-13-18(5)19-15-14-17(4)12-10-11-16(2)3/h16-19H,6-15H2,1-5H3. The van der Waals surface area contributed by atoms with Crippen molar-refractivity contribution in [3.05, 3.63) is 0 Å². The van der Waals surface area contributed by atoms with Gasteiger partial charge < -0.3 is 5.32 Å². The Kier molecular flexibility index (Phi) is 12.9. The van der Waals surface area contributed by atoms with Crippen molar-refractivity contribution in [1.82, 2.24) is 5.32 Å². The molecule has 1 heteroatoms. The first kappa shape index (κ1) is 19.0. The molecule has 0 amide bonds. The minimum atomic E-state index is 0.708. The number of unbranched alkanes of at least 4 members (excludes halogenated alkanes) is 3. The highest BCUT2D eigenvalue weighted by Crippen LogP contribution is 2.14. The topological polar surface area (TPSA) is 12.0 Å². The van der Waals surface area contributed by atoms with Gasteiger partial charge in [-0.3, -0.25) is 0 Å². The number of hydrogen-bond donors (Lipinski definition) is 1. The van der Waals surface area contributed by atoms with Gasteiger partial charge in [-0.15, -0.1) is 0 Å². The van der Waals surface area contributed by atoms with Crippen LogP contribution in [0.3, 0.4) is 0 Å². The van der Waals surface area contributed by atoms with Crippen LogP contribution in [0.4, 0.5) is 0 Å². The lowest BCUT2D eigenvalue weighted by Crippen LogP contribution is -2.27. The number of hydrogen-bond acceptors (Lipinski definition) is 1. The van der Waals surface area contributed by atoms with Gasteiger partial charge in [0.15, 0.2) is 0 Å². The number of rotatable bonds is 13. The van der Waals surface area contributed by atoms with E-state index in [0.29, 0.717) is 6.04 Å². The summed E-state index contributed by atoms with van der Waals surface area (Å²) in [5.41, 5.74) is 0. The first-order valence-corrected chi connectivity index (χ1v) is 8.79. The van der Waals surface area contributed by atoms with Crippen LogP contribution in [0.5, 0.6) is 0 Å². The lowest BCUT2D eigenvalue weighted by atomic mass is 9.97. The molecule has 0 spiro atoms. The van der Waals surface area contributed by atoms with Crippen molar-refractivity contribution < 1.29 is 0 Å². The molecule has 0 aromatic carbocycles. The second kappa shape index (κ2) is 13.0. The first-order chi connectivity index (χ1) is 9.06. The van der Waals surface area contributed by atoms with Gasteiger partial charge in [-0.05, 0) is 38.1 Å². The summed E-state index contributed by atoms with van der Waals surface area (Å²) in [6.07, 6.45) is 12.5. The molecule has 0 heterocycles. The van der Waals surface area contributed by atoms with Crippen LogP contribution in [0.2, 0.25) is 0 Å². The molecule has 2 unspecified atom stereocenters. The molecule has 1 nitrogen and oxygen atoms in total. The summed E-state index contributed by atoms with van der Waals surface area (Å²) >= 11 is 0. The van der Waals surface area contributed by atoms with Crippen molar-refractivity contribution in [2.75, 3.05) is 6.54 Å². The van der Waals surface area contributed by atoms with Crippen molar-refractivity contribution in [3.8, 4) is 0 Å². The Labute approximate surface area is 122 Å². The van der Waals surface area contributed by atoms with Gasteiger partial charge in [-0.25, -0.2) is 0 Å². The van der Waals surface area contributed by atoms with Gasteiger partial charge in [0.05, 0.1) is 0 Å². The summed E-state index contributed by atoms with van der Waals surface area (Å²) in [6, 6.07) is 0.708. The van der Waals surface area contributed by atoms with Gasteiger partial charge in [0, 0.05) is 6.04 Å². The third-order valence-electron chi connectivity index (χ3n) is 4.10. The third kappa shape index (κ3) is 14.2. The van der Waals surface area contributed by atoms with E-state index in [2.05, 4.69) is 39.9 Å². The second-order valence-electron chi connectivity index (χ2n) is 6.92. The summed E-state index contributed by atoms with van der Waals surface area (Å²) in [6.45, 7) is 12.9. The van der Waals surface area contributed by atoms with Gasteiger partial charge in [0.2, 0.25) is 0 Å². The van der Waals surface area contributed by atoms with Crippen molar-refractivity contribution in [2.24, 2.45) is 11.8 Å². The smallest absolute Gasteiger partial charge is 0.00387 e. The molecule has 0 aromatic heterocycles. The quantitative estimate of drug-likeness (QED) is 0.417. The predicted octanol–water partition coefficient (Wildman–Crippen LogP) is 5.79. The fourth-order valence-corrected chi connectivity index (χ4v) is 2.57. The maximum absolute atomic E-state index is 3.69. The van der Waals surface area contributed by atoms with E-state index in [1.807, 2.05) is 0 Å². The van der Waals surface area contributed by atoms with E-state index in [-0.39, 0.29) is 0 Å². The SMILES string of the molecule is CCCCCCC(C)NCCC(C)CCCC(C)C. The molecule has 0 aliphatic rings. The summed E-state index contributed by atoms with van der Waals surface area (Å²) in [5.74, 6) is 1.76. The Balaban J connectivity index is 3.35. The molecule has 0 aliphatic heterocycles. The van der Waals surface area contributed by atoms with E-state index >= 15 is 0 Å². The zero-order chi connectivity index (χ0) is 14.5. The van der Waals surface area contributed by atoms with Crippen LogP contribution in [0.25, 0.3) is 0 Å². The molecule has 2 atom stereocenters. The molecular weight excluding hydrogens is 230 g/mol. The summed E-state index contributed by atoms with van der Waals surface area (Å²) in [5, 5.41) is 3.69. The van der Waals surface area contributed by atoms with E-state index < -0.39 is 0 Å². The molecule has 0 aromatic rings. The number of nitrogens with one attached hydrogen (secondary N) is 1. The van der Waals surface area contributed by atoms with E-state index in [4.69, 9.17) is 0 Å². The van der Waals surface area contributed by atoms with Crippen LogP contribution in [0, 0.1) is 11.8 Å². The van der Waals surface area contributed by atoms with Gasteiger partial charge in [-0.1, -0.05) is 72.6 Å². The maximum atomic E-state index is 3.69. The highest BCUT2D eigenvalue weighted by molar-refractivity contribution is 4.63. The molecule has 0 rings (SSSR count). The Bertz CT molecular complexity index is 177. The molecule has 1 N–H and O–H groups in total. The summed E-state index contributed by atoms with van der Waals surface area (Å²) in [4.78, 5) is 0. The fraction of sp³-hybridized carbons (Fsp3) is 1.00. The molecule has 0 bridgehead atoms. The fourth-order valence-electron chi connectivity index (χ4n) is 2.57. The van der Waals surface area contributed by atoms with Crippen molar-refractivity contribution in [2.45, 2.75) is 98.4 Å². The van der Waals surface area contributed by atoms with E-state index in [9.17, 15) is 0 Å². The molecule has 116 valence electrons. The lowest BCUT2D eigenvalue weighted by molar-refractivity contribution is 0.405. The minimum Gasteiger partial charge on any atom is -0.314 e. The van der Waals surface area contributed by atoms with Crippen molar-refractivity contribution in [1.29, 1.82) is 0 Å². The molecule has 0 saturated carbocycles. The second-order valence-corrected chi connectivity index (χ2v) is 6.92. The van der Waals surface area contributed by atoms with Gasteiger partial charge in [-0.2, -0.15) is 0 Å². The molecule has 0 fully saturated rings. The summed E-state index contributed by atoms with van der Waals surface area (Å²) in [7, 11) is 0. The molecule has 0 radical (unpaired) electrons. The highest BCUT2D eigenvalue weighted by Gasteiger charge is 2.05. The zero-order valence-corrected chi connectivity index (χ0v) is 14.3. The lowest BCUT2D eigenvalue weighted by Gasteiger charge is -2.16. The maximum Gasteiger partial charge on any atom is 0.00387 e. The normalized spacial score (nSPS) is 14.8. The van der Waals surface area contributed by atoms with Gasteiger partial charge in [0.25, 0.3) is 0 Å². The Hall–Kier alpha value is -0.0400. The van der Waals surface area contributed by atoms with Gasteiger partial charge >= 0.3 is 0 Å². The van der Waals surface area contributed by atoms with E-state index in [1.165, 1.54) is 64.3 Å². The monoisotopic (exact) mass is 269 g/mol. The van der Waals surface area contributed by atoms with Crippen LogP contribution < -0.4 is 5.32 Å². The van der Waals surface area contributed by atoms with Crippen molar-refractivity contribution in [3.63, 3.8) is 0 Å². The molecule has 19 heavy (non-hydrogen) atoms. The predicted molar refractivity (Wildman–Crippen MR) is 88.7 cm³/mol. The van der Waals surface area contributed by atoms with Crippen LogP contribution in [0.1, 0.15) is 92.4 Å². The van der Waals surface area contributed by atoms with Gasteiger partial charge in [0.1, 0.15) is 0 Å². The largest absolute Gasteiger partial charge is 0.314 e. The minimum absolute atomic E-state index is 0.708. The summed E-state index contributed by atoms with van der Waals surface area (Å²) < 4.78 is 0. The average molecular weight is 270 g/mol. The first-order valence-electron chi connectivity index (χ1n) is 8.79. The van der Waals surface area contributed by atoms with Crippen LogP contribution in [-0.4, -0.2) is 12.6 Å². The molecular formula is C18H39N.